The maximum atomic E-state index is 13.0. The minimum absolute atomic E-state index is 0.0547. The average Bonchev–Trinajstić information content (AvgIpc) is 3.22. The number of fused-ring (bicyclic) bond motifs is 3. The highest BCUT2D eigenvalue weighted by atomic mass is 32.1. The second kappa shape index (κ2) is 9.61. The second-order valence-electron chi connectivity index (χ2n) is 9.43. The van der Waals surface area contributed by atoms with Gasteiger partial charge < -0.3 is 45.5 Å². The lowest BCUT2D eigenvalue weighted by Gasteiger charge is -2.58. The van der Waals surface area contributed by atoms with Crippen LogP contribution in [-0.4, -0.2) is 101 Å². The van der Waals surface area contributed by atoms with Crippen molar-refractivity contribution in [3.05, 3.63) is 29.3 Å². The molecule has 10 atom stereocenters. The van der Waals surface area contributed by atoms with Crippen LogP contribution >= 0.6 is 11.3 Å². The SMILES string of the molecule is CN[C@@H]1[C@H](O)[C@H](NC)C2O[C@]3(O)C(OC2[C@@H]1O)O[C@H](C)C[C@H]3NC(=O)Cc1nc2ccccc2s1. The van der Waals surface area contributed by atoms with Crippen LogP contribution in [0.3, 0.4) is 0 Å². The van der Waals surface area contributed by atoms with E-state index in [9.17, 15) is 20.1 Å². The highest BCUT2D eigenvalue weighted by Gasteiger charge is 2.63. The first kappa shape index (κ1) is 24.9. The summed E-state index contributed by atoms with van der Waals surface area (Å²) in [6.45, 7) is 1.82. The van der Waals surface area contributed by atoms with E-state index < -0.39 is 54.6 Å². The van der Waals surface area contributed by atoms with Gasteiger partial charge in [-0.05, 0) is 39.6 Å². The van der Waals surface area contributed by atoms with E-state index in [0.717, 1.165) is 10.2 Å². The van der Waals surface area contributed by atoms with Crippen molar-refractivity contribution in [2.24, 2.45) is 0 Å². The van der Waals surface area contributed by atoms with Crippen molar-refractivity contribution >= 4 is 27.5 Å². The van der Waals surface area contributed by atoms with Crippen LogP contribution in [0, 0.1) is 0 Å². The normalized spacial score (nSPS) is 41.3. The Morgan fingerprint density at radius 3 is 2.60 bits per heavy atom. The molecule has 1 saturated carbocycles. The first-order valence-electron chi connectivity index (χ1n) is 11.8. The number of para-hydroxylation sites is 1. The maximum Gasteiger partial charge on any atom is 0.239 e. The van der Waals surface area contributed by atoms with Crippen molar-refractivity contribution in [3.63, 3.8) is 0 Å². The summed E-state index contributed by atoms with van der Waals surface area (Å²) in [4.78, 5) is 17.5. The number of ether oxygens (including phenoxy) is 3. The summed E-state index contributed by atoms with van der Waals surface area (Å²) in [7, 11) is 3.30. The summed E-state index contributed by atoms with van der Waals surface area (Å²) in [6.07, 6.45) is -5.13. The lowest BCUT2D eigenvalue weighted by Crippen LogP contribution is -2.79. The number of hydrogen-bond acceptors (Lipinski definition) is 11. The van der Waals surface area contributed by atoms with E-state index in [4.69, 9.17) is 14.2 Å². The van der Waals surface area contributed by atoms with E-state index in [2.05, 4.69) is 20.9 Å². The van der Waals surface area contributed by atoms with Crippen LogP contribution in [0.2, 0.25) is 0 Å². The molecule has 2 saturated heterocycles. The molecule has 3 heterocycles. The Bertz CT molecular complexity index is 1040. The lowest BCUT2D eigenvalue weighted by atomic mass is 9.79. The number of carbonyl (C=O) groups is 1. The van der Waals surface area contributed by atoms with E-state index in [-0.39, 0.29) is 24.9 Å². The number of carbonyl (C=O) groups excluding carboxylic acids is 1. The zero-order chi connectivity index (χ0) is 24.9. The fourth-order valence-corrected chi connectivity index (χ4v) is 6.36. The van der Waals surface area contributed by atoms with Crippen LogP contribution in [0.1, 0.15) is 18.4 Å². The number of thiazole rings is 1. The van der Waals surface area contributed by atoms with E-state index in [1.807, 2.05) is 31.2 Å². The van der Waals surface area contributed by atoms with E-state index in [0.29, 0.717) is 5.01 Å². The number of aliphatic hydroxyl groups excluding tert-OH is 2. The molecular formula is C23H32N4O7S. The van der Waals surface area contributed by atoms with E-state index in [1.54, 1.807) is 14.1 Å². The van der Waals surface area contributed by atoms with Gasteiger partial charge in [0.1, 0.15) is 23.3 Å². The Kier molecular flexibility index (Phi) is 6.85. The minimum Gasteiger partial charge on any atom is -0.390 e. The summed E-state index contributed by atoms with van der Waals surface area (Å²) < 4.78 is 19.1. The van der Waals surface area contributed by atoms with Crippen LogP contribution in [0.25, 0.3) is 10.2 Å². The number of nitrogens with zero attached hydrogens (tertiary/aromatic N) is 1. The number of amides is 1. The Hall–Kier alpha value is -1.74. The van der Waals surface area contributed by atoms with Gasteiger partial charge in [0.2, 0.25) is 18.0 Å². The molecule has 5 rings (SSSR count). The van der Waals surface area contributed by atoms with Crippen LogP contribution in [0.15, 0.2) is 24.3 Å². The van der Waals surface area contributed by atoms with Crippen molar-refractivity contribution in [3.8, 4) is 0 Å². The van der Waals surface area contributed by atoms with Gasteiger partial charge in [0.15, 0.2) is 0 Å². The molecule has 1 aromatic heterocycles. The third-order valence-corrected chi connectivity index (χ3v) is 8.17. The Morgan fingerprint density at radius 1 is 1.14 bits per heavy atom. The van der Waals surface area contributed by atoms with Crippen molar-refractivity contribution in [1.82, 2.24) is 20.9 Å². The quantitative estimate of drug-likeness (QED) is 0.292. The zero-order valence-electron chi connectivity index (χ0n) is 19.7. The molecule has 2 aliphatic heterocycles. The van der Waals surface area contributed by atoms with Gasteiger partial charge in [-0.1, -0.05) is 12.1 Å². The maximum absolute atomic E-state index is 13.0. The molecule has 1 aliphatic carbocycles. The first-order chi connectivity index (χ1) is 16.7. The third kappa shape index (κ3) is 4.37. The summed E-state index contributed by atoms with van der Waals surface area (Å²) in [5, 5.41) is 42.8. The Morgan fingerprint density at radius 2 is 1.89 bits per heavy atom. The fourth-order valence-electron chi connectivity index (χ4n) is 5.40. The number of rotatable bonds is 5. The van der Waals surface area contributed by atoms with Crippen molar-refractivity contribution in [1.29, 1.82) is 0 Å². The molecule has 3 unspecified atom stereocenters. The molecule has 192 valence electrons. The highest BCUT2D eigenvalue weighted by molar-refractivity contribution is 7.18. The number of nitrogens with one attached hydrogen (secondary N) is 3. The molecular weight excluding hydrogens is 476 g/mol. The van der Waals surface area contributed by atoms with Gasteiger partial charge in [0, 0.05) is 0 Å². The molecule has 1 amide bonds. The summed E-state index contributed by atoms with van der Waals surface area (Å²) in [6, 6.07) is 5.51. The average molecular weight is 509 g/mol. The summed E-state index contributed by atoms with van der Waals surface area (Å²) in [5.74, 6) is -2.33. The number of likely N-dealkylation sites (N-methyl/N-ethyl adjacent to an activating group) is 2. The third-order valence-electron chi connectivity index (χ3n) is 7.14. The molecule has 3 aliphatic rings. The van der Waals surface area contributed by atoms with Crippen LogP contribution in [0.4, 0.5) is 0 Å². The number of benzene rings is 1. The predicted molar refractivity (Wildman–Crippen MR) is 127 cm³/mol. The molecule has 2 aromatic rings. The largest absolute Gasteiger partial charge is 0.390 e. The van der Waals surface area contributed by atoms with Gasteiger partial charge in [-0.25, -0.2) is 4.98 Å². The van der Waals surface area contributed by atoms with Crippen LogP contribution < -0.4 is 16.0 Å². The molecule has 3 fully saturated rings. The molecule has 35 heavy (non-hydrogen) atoms. The minimum atomic E-state index is -2.02. The van der Waals surface area contributed by atoms with Gasteiger partial charge >= 0.3 is 0 Å². The Labute approximate surface area is 206 Å². The summed E-state index contributed by atoms with van der Waals surface area (Å²) in [5.41, 5.74) is 0.834. The van der Waals surface area contributed by atoms with Crippen LogP contribution in [0.5, 0.6) is 0 Å². The number of hydrogen-bond donors (Lipinski definition) is 6. The van der Waals surface area contributed by atoms with Gasteiger partial charge in [-0.2, -0.15) is 0 Å². The molecule has 0 spiro atoms. The second-order valence-corrected chi connectivity index (χ2v) is 10.5. The topological polar surface area (TPSA) is 154 Å². The van der Waals surface area contributed by atoms with E-state index >= 15 is 0 Å². The van der Waals surface area contributed by atoms with E-state index in [1.165, 1.54) is 11.3 Å². The smallest absolute Gasteiger partial charge is 0.239 e. The fraction of sp³-hybridized carbons (Fsp3) is 0.652. The molecule has 0 bridgehead atoms. The standard InChI is InChI=1S/C23H32N4O7S/c1-10-8-13(27-14(28)9-15-26-11-6-4-5-7-12(11)35-15)23(31)22(32-10)33-21-19(30)16(24-2)18(29)17(25-3)20(21)34-23/h4-7,10,13,16-22,24-25,29-31H,8-9H2,1-3H3,(H,27,28)/t10-,13-,16-,17+,18+,19-,20?,21?,22?,23+/m1/s1. The van der Waals surface area contributed by atoms with Gasteiger partial charge in [-0.15, -0.1) is 11.3 Å². The molecule has 12 heteroatoms. The molecule has 6 N–H and O–H groups in total. The highest BCUT2D eigenvalue weighted by Crippen LogP contribution is 2.42. The van der Waals surface area contributed by atoms with Crippen molar-refractivity contribution in [2.45, 2.75) is 80.5 Å². The lowest BCUT2D eigenvalue weighted by molar-refractivity contribution is -0.449. The molecule has 0 radical (unpaired) electrons. The number of aliphatic hydroxyl groups is 3. The van der Waals surface area contributed by atoms with Crippen molar-refractivity contribution < 1.29 is 34.3 Å². The monoisotopic (exact) mass is 508 g/mol. The predicted octanol–water partition coefficient (Wildman–Crippen LogP) is -1.16. The first-order valence-corrected chi connectivity index (χ1v) is 12.6. The van der Waals surface area contributed by atoms with Crippen LogP contribution in [-0.2, 0) is 25.4 Å². The van der Waals surface area contributed by atoms with Gasteiger partial charge in [0.05, 0.1) is 47.0 Å². The molecule has 1 aromatic carbocycles. The number of aromatic nitrogens is 1. The van der Waals surface area contributed by atoms with Gasteiger partial charge in [0.25, 0.3) is 0 Å². The zero-order valence-corrected chi connectivity index (χ0v) is 20.6. The Balaban J connectivity index is 1.36. The van der Waals surface area contributed by atoms with Crippen molar-refractivity contribution in [2.75, 3.05) is 14.1 Å². The summed E-state index contributed by atoms with van der Waals surface area (Å²) >= 11 is 1.45. The molecule has 11 nitrogen and oxygen atoms in total. The van der Waals surface area contributed by atoms with Gasteiger partial charge in [-0.3, -0.25) is 4.79 Å².